The fraction of sp³-hybridized carbons (Fsp3) is 0.462. The van der Waals surface area contributed by atoms with E-state index in [4.69, 9.17) is 5.11 Å². The van der Waals surface area contributed by atoms with Gasteiger partial charge in [0.25, 0.3) is 0 Å². The number of carboxylic acid groups (broad SMARTS) is 1. The maximum absolute atomic E-state index is 13.3. The van der Waals surface area contributed by atoms with Crippen LogP contribution >= 0.6 is 0 Å². The van der Waals surface area contributed by atoms with Crippen molar-refractivity contribution in [3.05, 3.63) is 35.1 Å². The third kappa shape index (κ3) is 2.64. The molecular formula is C13H16FNO2. The molecule has 1 heterocycles. The second-order valence-electron chi connectivity index (χ2n) is 4.62. The van der Waals surface area contributed by atoms with Gasteiger partial charge >= 0.3 is 5.97 Å². The summed E-state index contributed by atoms with van der Waals surface area (Å²) in [7, 11) is 0. The van der Waals surface area contributed by atoms with E-state index in [9.17, 15) is 9.18 Å². The first kappa shape index (κ1) is 12.0. The fourth-order valence-electron chi connectivity index (χ4n) is 2.40. The van der Waals surface area contributed by atoms with E-state index in [-0.39, 0.29) is 5.56 Å². The molecule has 1 saturated heterocycles. The van der Waals surface area contributed by atoms with Crippen LogP contribution in [0.25, 0.3) is 0 Å². The first-order chi connectivity index (χ1) is 8.08. The SMILES string of the molecule is C[C@@H]1C[C@@H](c2ccc(F)c(C(=O)O)c2)CCN1. The standard InChI is InChI=1S/C13H16FNO2/c1-8-6-10(4-5-15-8)9-2-3-12(14)11(7-9)13(16)17/h2-3,7-8,10,15H,4-6H2,1H3,(H,16,17)/t8-,10+/m1/s1. The third-order valence-electron chi connectivity index (χ3n) is 3.32. The zero-order valence-corrected chi connectivity index (χ0v) is 9.74. The van der Waals surface area contributed by atoms with Crippen LogP contribution in [0, 0.1) is 5.82 Å². The summed E-state index contributed by atoms with van der Waals surface area (Å²) in [6, 6.07) is 4.85. The third-order valence-corrected chi connectivity index (χ3v) is 3.32. The molecule has 0 unspecified atom stereocenters. The summed E-state index contributed by atoms with van der Waals surface area (Å²) in [6.07, 6.45) is 1.93. The minimum Gasteiger partial charge on any atom is -0.478 e. The zero-order valence-electron chi connectivity index (χ0n) is 9.74. The van der Waals surface area contributed by atoms with Gasteiger partial charge in [0.2, 0.25) is 0 Å². The molecule has 2 N–H and O–H groups in total. The first-order valence-electron chi connectivity index (χ1n) is 5.84. The highest BCUT2D eigenvalue weighted by Gasteiger charge is 2.21. The Bertz CT molecular complexity index is 433. The van der Waals surface area contributed by atoms with Gasteiger partial charge in [0.05, 0.1) is 5.56 Å². The summed E-state index contributed by atoms with van der Waals surface area (Å²) < 4.78 is 13.3. The minimum atomic E-state index is -1.20. The second-order valence-corrected chi connectivity index (χ2v) is 4.62. The molecule has 3 nitrogen and oxygen atoms in total. The summed E-state index contributed by atoms with van der Waals surface area (Å²) >= 11 is 0. The highest BCUT2D eigenvalue weighted by Crippen LogP contribution is 2.28. The molecule has 0 aromatic heterocycles. The number of aromatic carboxylic acids is 1. The van der Waals surface area contributed by atoms with Crippen LogP contribution in [-0.4, -0.2) is 23.7 Å². The van der Waals surface area contributed by atoms with Crippen molar-refractivity contribution in [1.82, 2.24) is 5.32 Å². The van der Waals surface area contributed by atoms with Gasteiger partial charge in [-0.3, -0.25) is 0 Å². The number of carbonyl (C=O) groups is 1. The molecule has 2 atom stereocenters. The van der Waals surface area contributed by atoms with E-state index >= 15 is 0 Å². The predicted molar refractivity (Wildman–Crippen MR) is 62.8 cm³/mol. The number of rotatable bonds is 2. The molecule has 92 valence electrons. The van der Waals surface area contributed by atoms with E-state index in [1.165, 1.54) is 12.1 Å². The van der Waals surface area contributed by atoms with Crippen molar-refractivity contribution >= 4 is 5.97 Å². The molecule has 0 spiro atoms. The van der Waals surface area contributed by atoms with Crippen molar-refractivity contribution in [3.63, 3.8) is 0 Å². The van der Waals surface area contributed by atoms with Crippen molar-refractivity contribution in [1.29, 1.82) is 0 Å². The maximum atomic E-state index is 13.3. The Morgan fingerprint density at radius 2 is 2.29 bits per heavy atom. The highest BCUT2D eigenvalue weighted by molar-refractivity contribution is 5.88. The van der Waals surface area contributed by atoms with Crippen LogP contribution in [0.5, 0.6) is 0 Å². The lowest BCUT2D eigenvalue weighted by Gasteiger charge is -2.28. The summed E-state index contributed by atoms with van der Waals surface area (Å²) in [5.41, 5.74) is 0.700. The van der Waals surface area contributed by atoms with Crippen LogP contribution in [0.1, 0.15) is 41.6 Å². The van der Waals surface area contributed by atoms with E-state index in [1.807, 2.05) is 0 Å². The maximum Gasteiger partial charge on any atom is 0.338 e. The monoisotopic (exact) mass is 237 g/mol. The molecule has 1 aliphatic heterocycles. The van der Waals surface area contributed by atoms with Gasteiger partial charge in [-0.15, -0.1) is 0 Å². The predicted octanol–water partition coefficient (Wildman–Crippen LogP) is 2.38. The van der Waals surface area contributed by atoms with Crippen molar-refractivity contribution in [3.8, 4) is 0 Å². The number of hydrogen-bond acceptors (Lipinski definition) is 2. The van der Waals surface area contributed by atoms with Crippen molar-refractivity contribution in [2.75, 3.05) is 6.54 Å². The molecule has 4 heteroatoms. The first-order valence-corrected chi connectivity index (χ1v) is 5.84. The van der Waals surface area contributed by atoms with Gasteiger partial charge in [-0.2, -0.15) is 0 Å². The largest absolute Gasteiger partial charge is 0.478 e. The molecule has 17 heavy (non-hydrogen) atoms. The summed E-state index contributed by atoms with van der Waals surface area (Å²) in [5.74, 6) is -1.54. The summed E-state index contributed by atoms with van der Waals surface area (Å²) in [4.78, 5) is 10.9. The summed E-state index contributed by atoms with van der Waals surface area (Å²) in [6.45, 7) is 3.03. The number of halogens is 1. The molecule has 0 aliphatic carbocycles. The highest BCUT2D eigenvalue weighted by atomic mass is 19.1. The molecule has 1 aromatic carbocycles. The Hall–Kier alpha value is -1.42. The van der Waals surface area contributed by atoms with Crippen molar-refractivity contribution in [2.45, 2.75) is 31.7 Å². The lowest BCUT2D eigenvalue weighted by molar-refractivity contribution is 0.0691. The van der Waals surface area contributed by atoms with Gasteiger partial charge in [0, 0.05) is 6.04 Å². The van der Waals surface area contributed by atoms with Crippen LogP contribution in [0.15, 0.2) is 18.2 Å². The number of piperidine rings is 1. The average molecular weight is 237 g/mol. The average Bonchev–Trinajstić information content (AvgIpc) is 2.29. The van der Waals surface area contributed by atoms with E-state index in [1.54, 1.807) is 6.07 Å². The van der Waals surface area contributed by atoms with Crippen molar-refractivity contribution in [2.24, 2.45) is 0 Å². The quantitative estimate of drug-likeness (QED) is 0.830. The van der Waals surface area contributed by atoms with Gasteiger partial charge in [-0.05, 0) is 49.9 Å². The van der Waals surface area contributed by atoms with Gasteiger partial charge in [0.15, 0.2) is 0 Å². The fourth-order valence-corrected chi connectivity index (χ4v) is 2.40. The van der Waals surface area contributed by atoms with Crippen LogP contribution in [0.2, 0.25) is 0 Å². The van der Waals surface area contributed by atoms with Gasteiger partial charge in [-0.25, -0.2) is 9.18 Å². The molecule has 1 fully saturated rings. The molecular weight excluding hydrogens is 221 g/mol. The Kier molecular flexibility index (Phi) is 3.43. The van der Waals surface area contributed by atoms with E-state index < -0.39 is 11.8 Å². The molecule has 0 radical (unpaired) electrons. The number of carboxylic acids is 1. The molecule has 0 amide bonds. The Morgan fingerprint density at radius 3 is 2.94 bits per heavy atom. The lowest BCUT2D eigenvalue weighted by atomic mass is 9.86. The van der Waals surface area contributed by atoms with Crippen LogP contribution in [0.4, 0.5) is 4.39 Å². The van der Waals surface area contributed by atoms with Crippen LogP contribution < -0.4 is 5.32 Å². The molecule has 0 bridgehead atoms. The second kappa shape index (κ2) is 4.84. The van der Waals surface area contributed by atoms with E-state index in [2.05, 4.69) is 12.2 Å². The normalized spacial score (nSPS) is 24.6. The smallest absolute Gasteiger partial charge is 0.338 e. The van der Waals surface area contributed by atoms with E-state index in [0.717, 1.165) is 24.9 Å². The number of hydrogen-bond donors (Lipinski definition) is 2. The number of nitrogens with one attached hydrogen (secondary N) is 1. The Balaban J connectivity index is 2.26. The Labute approximate surface area is 99.7 Å². The van der Waals surface area contributed by atoms with Crippen LogP contribution in [-0.2, 0) is 0 Å². The molecule has 2 rings (SSSR count). The Morgan fingerprint density at radius 1 is 1.53 bits per heavy atom. The molecule has 1 aliphatic rings. The van der Waals surface area contributed by atoms with Crippen molar-refractivity contribution < 1.29 is 14.3 Å². The molecule has 0 saturated carbocycles. The zero-order chi connectivity index (χ0) is 12.4. The lowest BCUT2D eigenvalue weighted by Crippen LogP contribution is -2.34. The molecule has 1 aromatic rings. The summed E-state index contributed by atoms with van der Waals surface area (Å²) in [5, 5.41) is 12.2. The minimum absolute atomic E-state index is 0.228. The van der Waals surface area contributed by atoms with E-state index in [0.29, 0.717) is 12.0 Å². The number of benzene rings is 1. The van der Waals surface area contributed by atoms with Gasteiger partial charge in [0.1, 0.15) is 5.82 Å². The van der Waals surface area contributed by atoms with Crippen LogP contribution in [0.3, 0.4) is 0 Å². The van der Waals surface area contributed by atoms with Gasteiger partial charge in [-0.1, -0.05) is 6.07 Å². The van der Waals surface area contributed by atoms with Gasteiger partial charge < -0.3 is 10.4 Å². The topological polar surface area (TPSA) is 49.3 Å².